The first kappa shape index (κ1) is 14.4. The van der Waals surface area contributed by atoms with E-state index in [1.54, 1.807) is 0 Å². The molecule has 0 spiro atoms. The summed E-state index contributed by atoms with van der Waals surface area (Å²) in [5.74, 6) is 0. The number of nitrogens with two attached hydrogens (primary N) is 1. The Hall–Kier alpha value is -1.02. The van der Waals surface area contributed by atoms with Crippen LogP contribution in [0, 0.1) is 0 Å². The van der Waals surface area contributed by atoms with Gasteiger partial charge in [0, 0.05) is 24.3 Å². The molecule has 2 nitrogen and oxygen atoms in total. The van der Waals surface area contributed by atoms with Crippen molar-refractivity contribution in [3.05, 3.63) is 29.8 Å². The summed E-state index contributed by atoms with van der Waals surface area (Å²) in [7, 11) is 0. The number of para-hydroxylation sites is 1. The van der Waals surface area contributed by atoms with E-state index in [1.807, 2.05) is 0 Å². The third-order valence-electron chi connectivity index (χ3n) is 4.33. The fourth-order valence-electron chi connectivity index (χ4n) is 3.23. The van der Waals surface area contributed by atoms with Crippen LogP contribution < -0.4 is 10.6 Å². The van der Waals surface area contributed by atoms with Gasteiger partial charge in [-0.25, -0.2) is 0 Å². The number of rotatable bonds is 5. The first-order valence-corrected chi connectivity index (χ1v) is 7.89. The SMILES string of the molecule is CCCC1CCCCN1c1ccccc1[C@@H](N)CC. The van der Waals surface area contributed by atoms with Crippen molar-refractivity contribution in [1.29, 1.82) is 0 Å². The number of benzene rings is 1. The molecule has 1 aromatic rings. The standard InChI is InChI=1S/C17H28N2/c1-3-9-14-10-7-8-13-19(14)17-12-6-5-11-15(17)16(18)4-2/h5-6,11-12,14,16H,3-4,7-10,13,18H2,1-2H3/t14?,16-/m0/s1. The summed E-state index contributed by atoms with van der Waals surface area (Å²) in [5, 5.41) is 0. The Kier molecular flexibility index (Phi) is 5.26. The van der Waals surface area contributed by atoms with Crippen LogP contribution in [0.25, 0.3) is 0 Å². The monoisotopic (exact) mass is 260 g/mol. The average molecular weight is 260 g/mol. The van der Waals surface area contributed by atoms with Crippen molar-refractivity contribution >= 4 is 5.69 Å². The zero-order chi connectivity index (χ0) is 13.7. The second-order valence-electron chi connectivity index (χ2n) is 5.71. The highest BCUT2D eigenvalue weighted by molar-refractivity contribution is 5.56. The summed E-state index contributed by atoms with van der Waals surface area (Å²) in [6, 6.07) is 9.62. The van der Waals surface area contributed by atoms with Crippen LogP contribution in [-0.2, 0) is 0 Å². The lowest BCUT2D eigenvalue weighted by molar-refractivity contribution is 0.433. The van der Waals surface area contributed by atoms with Crippen LogP contribution in [0.2, 0.25) is 0 Å². The van der Waals surface area contributed by atoms with Crippen LogP contribution in [0.1, 0.15) is 64.0 Å². The maximum atomic E-state index is 6.29. The minimum atomic E-state index is 0.167. The van der Waals surface area contributed by atoms with Gasteiger partial charge < -0.3 is 10.6 Å². The molecule has 0 aliphatic carbocycles. The Bertz CT molecular complexity index is 387. The van der Waals surface area contributed by atoms with Crippen LogP contribution in [0.3, 0.4) is 0 Å². The topological polar surface area (TPSA) is 29.3 Å². The fourth-order valence-corrected chi connectivity index (χ4v) is 3.23. The molecule has 0 radical (unpaired) electrons. The van der Waals surface area contributed by atoms with Crippen LogP contribution in [0.4, 0.5) is 5.69 Å². The summed E-state index contributed by atoms with van der Waals surface area (Å²) in [6.45, 7) is 5.65. The Morgan fingerprint density at radius 1 is 1.26 bits per heavy atom. The molecule has 0 bridgehead atoms. The predicted octanol–water partition coefficient (Wildman–Crippen LogP) is 4.26. The van der Waals surface area contributed by atoms with E-state index in [-0.39, 0.29) is 6.04 Å². The number of nitrogens with zero attached hydrogens (tertiary/aromatic N) is 1. The van der Waals surface area contributed by atoms with Gasteiger partial charge in [-0.15, -0.1) is 0 Å². The van der Waals surface area contributed by atoms with E-state index in [2.05, 4.69) is 43.0 Å². The maximum absolute atomic E-state index is 6.29. The van der Waals surface area contributed by atoms with Gasteiger partial charge in [0.25, 0.3) is 0 Å². The van der Waals surface area contributed by atoms with Crippen molar-refractivity contribution in [3.63, 3.8) is 0 Å². The Labute approximate surface area is 118 Å². The van der Waals surface area contributed by atoms with Crippen LogP contribution in [-0.4, -0.2) is 12.6 Å². The second-order valence-corrected chi connectivity index (χ2v) is 5.71. The van der Waals surface area contributed by atoms with Crippen molar-refractivity contribution in [2.45, 2.75) is 64.5 Å². The molecule has 2 heteroatoms. The molecule has 2 N–H and O–H groups in total. The number of hydrogen-bond donors (Lipinski definition) is 1. The third kappa shape index (κ3) is 3.30. The number of anilines is 1. The quantitative estimate of drug-likeness (QED) is 0.857. The molecule has 0 saturated carbocycles. The van der Waals surface area contributed by atoms with Gasteiger partial charge >= 0.3 is 0 Å². The van der Waals surface area contributed by atoms with Gasteiger partial charge in [0.05, 0.1) is 0 Å². The molecule has 1 aliphatic heterocycles. The maximum Gasteiger partial charge on any atom is 0.0417 e. The van der Waals surface area contributed by atoms with Gasteiger partial charge in [-0.2, -0.15) is 0 Å². The van der Waals surface area contributed by atoms with E-state index in [0.29, 0.717) is 6.04 Å². The van der Waals surface area contributed by atoms with Gasteiger partial charge in [-0.05, 0) is 43.7 Å². The minimum Gasteiger partial charge on any atom is -0.368 e. The lowest BCUT2D eigenvalue weighted by atomic mass is 9.94. The van der Waals surface area contributed by atoms with Crippen LogP contribution in [0.5, 0.6) is 0 Å². The zero-order valence-electron chi connectivity index (χ0n) is 12.4. The molecule has 0 aromatic heterocycles. The molecule has 2 rings (SSSR count). The number of hydrogen-bond acceptors (Lipinski definition) is 2. The summed E-state index contributed by atoms with van der Waals surface area (Å²) >= 11 is 0. The van der Waals surface area contributed by atoms with E-state index in [4.69, 9.17) is 5.73 Å². The summed E-state index contributed by atoms with van der Waals surface area (Å²) in [5.41, 5.74) is 9.01. The average Bonchev–Trinajstić information content (AvgIpc) is 2.47. The fraction of sp³-hybridized carbons (Fsp3) is 0.647. The molecule has 1 fully saturated rings. The molecular weight excluding hydrogens is 232 g/mol. The predicted molar refractivity (Wildman–Crippen MR) is 83.6 cm³/mol. The summed E-state index contributed by atoms with van der Waals surface area (Å²) < 4.78 is 0. The van der Waals surface area contributed by atoms with Crippen molar-refractivity contribution in [2.24, 2.45) is 5.73 Å². The number of piperidine rings is 1. The highest BCUT2D eigenvalue weighted by atomic mass is 15.2. The molecule has 106 valence electrons. The molecule has 1 unspecified atom stereocenters. The minimum absolute atomic E-state index is 0.167. The first-order chi connectivity index (χ1) is 9.27. The Morgan fingerprint density at radius 3 is 2.79 bits per heavy atom. The van der Waals surface area contributed by atoms with Crippen molar-refractivity contribution < 1.29 is 0 Å². The normalized spacial score (nSPS) is 21.4. The lowest BCUT2D eigenvalue weighted by Gasteiger charge is -2.39. The molecule has 19 heavy (non-hydrogen) atoms. The molecule has 1 aliphatic rings. The first-order valence-electron chi connectivity index (χ1n) is 7.89. The summed E-state index contributed by atoms with van der Waals surface area (Å²) in [6.07, 6.45) is 7.60. The van der Waals surface area contributed by atoms with Gasteiger partial charge in [-0.1, -0.05) is 38.5 Å². The van der Waals surface area contributed by atoms with Crippen LogP contribution >= 0.6 is 0 Å². The molecule has 1 heterocycles. The van der Waals surface area contributed by atoms with Gasteiger partial charge in [0.2, 0.25) is 0 Å². The molecule has 1 aromatic carbocycles. The largest absolute Gasteiger partial charge is 0.368 e. The Morgan fingerprint density at radius 2 is 2.05 bits per heavy atom. The van der Waals surface area contributed by atoms with Gasteiger partial charge in [0.15, 0.2) is 0 Å². The van der Waals surface area contributed by atoms with E-state index < -0.39 is 0 Å². The molecular formula is C17H28N2. The van der Waals surface area contributed by atoms with Crippen molar-refractivity contribution in [3.8, 4) is 0 Å². The molecule has 2 atom stereocenters. The highest BCUT2D eigenvalue weighted by Gasteiger charge is 2.24. The van der Waals surface area contributed by atoms with E-state index in [9.17, 15) is 0 Å². The molecule has 1 saturated heterocycles. The highest BCUT2D eigenvalue weighted by Crippen LogP contribution is 2.32. The van der Waals surface area contributed by atoms with E-state index in [0.717, 1.165) is 6.42 Å². The smallest absolute Gasteiger partial charge is 0.0417 e. The van der Waals surface area contributed by atoms with Gasteiger partial charge in [-0.3, -0.25) is 0 Å². The molecule has 0 amide bonds. The lowest BCUT2D eigenvalue weighted by Crippen LogP contribution is -2.40. The second kappa shape index (κ2) is 6.95. The Balaban J connectivity index is 2.28. The van der Waals surface area contributed by atoms with Crippen molar-refractivity contribution in [1.82, 2.24) is 0 Å². The third-order valence-corrected chi connectivity index (χ3v) is 4.33. The van der Waals surface area contributed by atoms with Crippen LogP contribution in [0.15, 0.2) is 24.3 Å². The van der Waals surface area contributed by atoms with Crippen molar-refractivity contribution in [2.75, 3.05) is 11.4 Å². The zero-order valence-corrected chi connectivity index (χ0v) is 12.4. The summed E-state index contributed by atoms with van der Waals surface area (Å²) in [4.78, 5) is 2.62. The van der Waals surface area contributed by atoms with E-state index >= 15 is 0 Å². The van der Waals surface area contributed by atoms with Gasteiger partial charge in [0.1, 0.15) is 0 Å². The van der Waals surface area contributed by atoms with E-state index in [1.165, 1.54) is 49.9 Å².